The predicted octanol–water partition coefficient (Wildman–Crippen LogP) is 2.96. The van der Waals surface area contributed by atoms with Gasteiger partial charge in [0.1, 0.15) is 5.75 Å². The van der Waals surface area contributed by atoms with Gasteiger partial charge in [0, 0.05) is 0 Å². The maximum atomic E-state index is 12.1. The quantitative estimate of drug-likeness (QED) is 0.705. The number of carbonyl (C=O) groups excluding carboxylic acids is 3. The van der Waals surface area contributed by atoms with Crippen molar-refractivity contribution in [3.05, 3.63) is 77.9 Å². The summed E-state index contributed by atoms with van der Waals surface area (Å²) < 4.78 is 10.1. The summed E-state index contributed by atoms with van der Waals surface area (Å²) in [4.78, 5) is 36.2. The van der Waals surface area contributed by atoms with E-state index in [4.69, 9.17) is 9.47 Å². The van der Waals surface area contributed by atoms with Gasteiger partial charge in [0.15, 0.2) is 6.61 Å². The van der Waals surface area contributed by atoms with Gasteiger partial charge in [0.05, 0.1) is 18.2 Å². The van der Waals surface area contributed by atoms with E-state index in [2.05, 4.69) is 5.32 Å². The summed E-state index contributed by atoms with van der Waals surface area (Å²) in [6.07, 6.45) is 0. The van der Waals surface area contributed by atoms with Crippen LogP contribution in [0.4, 0.5) is 0 Å². The highest BCUT2D eigenvalue weighted by molar-refractivity contribution is 6.07. The average molecular weight is 363 g/mol. The molecule has 6 nitrogen and oxygen atoms in total. The number of imide groups is 1. The summed E-state index contributed by atoms with van der Waals surface area (Å²) in [6, 6.07) is 19.2. The fraction of sp³-hybridized carbons (Fsp3) is 0.0952. The summed E-state index contributed by atoms with van der Waals surface area (Å²) >= 11 is 0. The molecule has 3 rings (SSSR count). The van der Waals surface area contributed by atoms with Crippen LogP contribution < -0.4 is 10.1 Å². The zero-order valence-electron chi connectivity index (χ0n) is 14.6. The van der Waals surface area contributed by atoms with Crippen molar-refractivity contribution in [2.75, 3.05) is 13.7 Å². The van der Waals surface area contributed by atoms with Crippen LogP contribution in [0.3, 0.4) is 0 Å². The van der Waals surface area contributed by atoms with Crippen molar-refractivity contribution in [1.82, 2.24) is 5.32 Å². The smallest absolute Gasteiger partial charge is 0.338 e. The number of methoxy groups -OCH3 is 1. The van der Waals surface area contributed by atoms with Gasteiger partial charge < -0.3 is 9.47 Å². The Kier molecular flexibility index (Phi) is 5.47. The highest BCUT2D eigenvalue weighted by Gasteiger charge is 2.16. The number of ether oxygens (including phenoxy) is 2. The molecule has 0 aromatic heterocycles. The second-order valence-electron chi connectivity index (χ2n) is 5.72. The lowest BCUT2D eigenvalue weighted by atomic mass is 10.1. The van der Waals surface area contributed by atoms with E-state index in [9.17, 15) is 14.4 Å². The van der Waals surface area contributed by atoms with Crippen LogP contribution >= 0.6 is 0 Å². The van der Waals surface area contributed by atoms with Crippen molar-refractivity contribution in [3.8, 4) is 5.75 Å². The molecule has 0 saturated heterocycles. The molecule has 0 fully saturated rings. The normalized spacial score (nSPS) is 10.3. The summed E-state index contributed by atoms with van der Waals surface area (Å²) in [7, 11) is 1.43. The van der Waals surface area contributed by atoms with Gasteiger partial charge in [-0.1, -0.05) is 42.5 Å². The Hall–Kier alpha value is -3.67. The lowest BCUT2D eigenvalue weighted by molar-refractivity contribution is -0.123. The highest BCUT2D eigenvalue weighted by atomic mass is 16.5. The topological polar surface area (TPSA) is 81.7 Å². The molecule has 0 atom stereocenters. The summed E-state index contributed by atoms with van der Waals surface area (Å²) in [5, 5.41) is 4.06. The molecule has 6 heteroatoms. The number of esters is 1. The van der Waals surface area contributed by atoms with Crippen LogP contribution in [0.1, 0.15) is 20.7 Å². The molecule has 0 aliphatic carbocycles. The SMILES string of the molecule is COc1ccccc1C(=O)NC(=O)COC(=O)c1ccc2ccccc2c1. The third kappa shape index (κ3) is 4.30. The molecular formula is C21H17NO5. The zero-order chi connectivity index (χ0) is 19.2. The van der Waals surface area contributed by atoms with Crippen molar-refractivity contribution in [2.24, 2.45) is 0 Å². The second-order valence-corrected chi connectivity index (χ2v) is 5.72. The van der Waals surface area contributed by atoms with Crippen LogP contribution in [0.2, 0.25) is 0 Å². The fourth-order valence-corrected chi connectivity index (χ4v) is 2.59. The van der Waals surface area contributed by atoms with Crippen molar-refractivity contribution < 1.29 is 23.9 Å². The standard InChI is InChI=1S/C21H17NO5/c1-26-18-9-5-4-8-17(18)20(24)22-19(23)13-27-21(25)16-11-10-14-6-2-3-7-15(14)12-16/h2-12H,13H2,1H3,(H,22,23,24). The summed E-state index contributed by atoms with van der Waals surface area (Å²) in [6.45, 7) is -0.563. The van der Waals surface area contributed by atoms with Crippen LogP contribution in [0.25, 0.3) is 10.8 Å². The molecule has 0 unspecified atom stereocenters. The number of rotatable bonds is 5. The largest absolute Gasteiger partial charge is 0.496 e. The van der Waals surface area contributed by atoms with Crippen LogP contribution in [0, 0.1) is 0 Å². The zero-order valence-corrected chi connectivity index (χ0v) is 14.6. The first kappa shape index (κ1) is 18.1. The second kappa shape index (κ2) is 8.14. The highest BCUT2D eigenvalue weighted by Crippen LogP contribution is 2.17. The fourth-order valence-electron chi connectivity index (χ4n) is 2.59. The van der Waals surface area contributed by atoms with Crippen molar-refractivity contribution in [1.29, 1.82) is 0 Å². The summed E-state index contributed by atoms with van der Waals surface area (Å²) in [5.41, 5.74) is 0.548. The number of amides is 2. The maximum absolute atomic E-state index is 12.1. The number of hydrogen-bond acceptors (Lipinski definition) is 5. The first-order valence-corrected chi connectivity index (χ1v) is 8.21. The molecule has 27 heavy (non-hydrogen) atoms. The third-order valence-corrected chi connectivity index (χ3v) is 3.92. The number of hydrogen-bond donors (Lipinski definition) is 1. The molecule has 136 valence electrons. The van der Waals surface area contributed by atoms with Gasteiger partial charge in [0.25, 0.3) is 11.8 Å². The minimum absolute atomic E-state index is 0.217. The van der Waals surface area contributed by atoms with E-state index in [1.165, 1.54) is 13.2 Å². The van der Waals surface area contributed by atoms with Gasteiger partial charge in [-0.25, -0.2) is 4.79 Å². The molecule has 3 aromatic rings. The first-order chi connectivity index (χ1) is 13.1. The minimum atomic E-state index is -0.722. The van der Waals surface area contributed by atoms with E-state index < -0.39 is 24.4 Å². The van der Waals surface area contributed by atoms with Crippen LogP contribution in [0.5, 0.6) is 5.75 Å². The Morgan fingerprint density at radius 3 is 2.37 bits per heavy atom. The van der Waals surface area contributed by atoms with Gasteiger partial charge in [-0.05, 0) is 35.0 Å². The Balaban J connectivity index is 1.59. The monoisotopic (exact) mass is 363 g/mol. The molecule has 2 amide bonds. The number of fused-ring (bicyclic) bond motifs is 1. The molecule has 0 saturated carbocycles. The number of benzene rings is 3. The molecule has 3 aromatic carbocycles. The van der Waals surface area contributed by atoms with Gasteiger partial charge in [0.2, 0.25) is 0 Å². The van der Waals surface area contributed by atoms with Crippen LogP contribution in [-0.4, -0.2) is 31.5 Å². The molecule has 0 spiro atoms. The lowest BCUT2D eigenvalue weighted by Gasteiger charge is -2.09. The maximum Gasteiger partial charge on any atom is 0.338 e. The first-order valence-electron chi connectivity index (χ1n) is 8.21. The number of nitrogens with one attached hydrogen (secondary N) is 1. The van der Waals surface area contributed by atoms with Crippen molar-refractivity contribution in [3.63, 3.8) is 0 Å². The van der Waals surface area contributed by atoms with Crippen molar-refractivity contribution in [2.45, 2.75) is 0 Å². The number of para-hydroxylation sites is 1. The molecule has 1 N–H and O–H groups in total. The Morgan fingerprint density at radius 2 is 1.59 bits per heavy atom. The van der Waals surface area contributed by atoms with E-state index in [1.807, 2.05) is 24.3 Å². The number of carbonyl (C=O) groups is 3. The summed E-state index contributed by atoms with van der Waals surface area (Å²) in [5.74, 6) is -1.64. The molecule has 0 bridgehead atoms. The van der Waals surface area contributed by atoms with E-state index in [1.54, 1.807) is 36.4 Å². The van der Waals surface area contributed by atoms with Gasteiger partial charge in [-0.3, -0.25) is 14.9 Å². The Morgan fingerprint density at radius 1 is 0.889 bits per heavy atom. The minimum Gasteiger partial charge on any atom is -0.496 e. The van der Waals surface area contributed by atoms with Gasteiger partial charge in [-0.2, -0.15) is 0 Å². The molecular weight excluding hydrogens is 346 g/mol. The Labute approximate surface area is 155 Å². The molecule has 0 aliphatic heterocycles. The Bertz CT molecular complexity index is 1010. The van der Waals surface area contributed by atoms with Gasteiger partial charge >= 0.3 is 5.97 Å². The molecule has 0 heterocycles. The lowest BCUT2D eigenvalue weighted by Crippen LogP contribution is -2.34. The van der Waals surface area contributed by atoms with Crippen LogP contribution in [0.15, 0.2) is 66.7 Å². The molecule has 0 radical (unpaired) electrons. The van der Waals surface area contributed by atoms with Gasteiger partial charge in [-0.15, -0.1) is 0 Å². The van der Waals surface area contributed by atoms with E-state index in [0.717, 1.165) is 10.8 Å². The predicted molar refractivity (Wildman–Crippen MR) is 99.7 cm³/mol. The van der Waals surface area contributed by atoms with E-state index >= 15 is 0 Å². The van der Waals surface area contributed by atoms with Crippen molar-refractivity contribution >= 4 is 28.6 Å². The van der Waals surface area contributed by atoms with E-state index in [0.29, 0.717) is 11.3 Å². The van der Waals surface area contributed by atoms with Crippen LogP contribution in [-0.2, 0) is 9.53 Å². The third-order valence-electron chi connectivity index (χ3n) is 3.92. The van der Waals surface area contributed by atoms with E-state index in [-0.39, 0.29) is 5.56 Å². The average Bonchev–Trinajstić information content (AvgIpc) is 2.71. The molecule has 0 aliphatic rings.